The Balaban J connectivity index is 0.00000243. The Kier molecular flexibility index (Phi) is 7.05. The van der Waals surface area contributed by atoms with Gasteiger partial charge in [0.05, 0.1) is 0 Å². The van der Waals surface area contributed by atoms with E-state index in [2.05, 4.69) is 20.8 Å². The van der Waals surface area contributed by atoms with Crippen molar-refractivity contribution in [3.63, 3.8) is 0 Å². The van der Waals surface area contributed by atoms with Gasteiger partial charge in [0.25, 0.3) is 0 Å². The van der Waals surface area contributed by atoms with Crippen molar-refractivity contribution < 1.29 is 9.18 Å². The molecule has 1 saturated heterocycles. The normalized spacial score (nSPS) is 17.8. The van der Waals surface area contributed by atoms with Crippen LogP contribution in [0.3, 0.4) is 0 Å². The molecule has 142 valence electrons. The summed E-state index contributed by atoms with van der Waals surface area (Å²) in [6.45, 7) is 4.15. The monoisotopic (exact) mass is 382 g/mol. The molecule has 1 N–H and O–H groups in total. The van der Waals surface area contributed by atoms with E-state index in [1.807, 2.05) is 11.9 Å². The number of carbonyl (C=O) groups is 1. The predicted molar refractivity (Wildman–Crippen MR) is 97.6 cm³/mol. The molecular weight excluding hydrogens is 359 g/mol. The molecule has 1 aliphatic heterocycles. The first-order valence-electron chi connectivity index (χ1n) is 8.50. The smallest absolute Gasteiger partial charge is 0.247 e. The molecule has 0 saturated carbocycles. The summed E-state index contributed by atoms with van der Waals surface area (Å²) in [5.74, 6) is 0.778. The number of hydrogen-bond acceptors (Lipinski definition) is 5. The fourth-order valence-corrected chi connectivity index (χ4v) is 3.35. The molecule has 0 radical (unpaired) electrons. The summed E-state index contributed by atoms with van der Waals surface area (Å²) in [5, 5.41) is 14.8. The molecule has 1 aromatic heterocycles. The van der Waals surface area contributed by atoms with Gasteiger partial charge in [-0.3, -0.25) is 4.79 Å². The first kappa shape index (κ1) is 20.3. The zero-order valence-corrected chi connectivity index (χ0v) is 15.7. The van der Waals surface area contributed by atoms with Crippen molar-refractivity contribution in [3.8, 4) is 0 Å². The minimum atomic E-state index is -0.520. The number of halogens is 2. The number of benzene rings is 1. The molecule has 9 heteroatoms. The van der Waals surface area contributed by atoms with E-state index in [-0.39, 0.29) is 24.1 Å². The maximum atomic E-state index is 13.2. The molecule has 0 bridgehead atoms. The largest absolute Gasteiger partial charge is 0.340 e. The summed E-state index contributed by atoms with van der Waals surface area (Å²) in [7, 11) is 1.92. The van der Waals surface area contributed by atoms with Gasteiger partial charge >= 0.3 is 0 Å². The van der Waals surface area contributed by atoms with Gasteiger partial charge in [0.15, 0.2) is 0 Å². The fraction of sp³-hybridized carbons (Fsp3) is 0.529. The van der Waals surface area contributed by atoms with Gasteiger partial charge in [0.1, 0.15) is 17.7 Å². The third-order valence-corrected chi connectivity index (χ3v) is 4.67. The third-order valence-electron chi connectivity index (χ3n) is 4.67. The topological polar surface area (TPSA) is 75.9 Å². The number of carbonyl (C=O) groups excluding carboxylic acids is 1. The maximum absolute atomic E-state index is 13.2. The molecule has 1 amide bonds. The zero-order chi connectivity index (χ0) is 17.8. The lowest BCUT2D eigenvalue weighted by atomic mass is 10.0. The molecule has 2 unspecified atom stereocenters. The SMILES string of the molecule is CNCC1CCN(C(=O)C(Cc2ccc(F)cc2)n2nnnc2C)C1.Cl. The van der Waals surface area contributed by atoms with E-state index in [1.165, 1.54) is 12.1 Å². The molecule has 2 heterocycles. The average molecular weight is 383 g/mol. The minimum absolute atomic E-state index is 0. The highest BCUT2D eigenvalue weighted by atomic mass is 35.5. The van der Waals surface area contributed by atoms with Crippen LogP contribution in [0.2, 0.25) is 0 Å². The van der Waals surface area contributed by atoms with Crippen LogP contribution in [0.15, 0.2) is 24.3 Å². The number of aromatic nitrogens is 4. The van der Waals surface area contributed by atoms with E-state index < -0.39 is 6.04 Å². The van der Waals surface area contributed by atoms with Crippen molar-refractivity contribution >= 4 is 18.3 Å². The van der Waals surface area contributed by atoms with Crippen LogP contribution in [0.5, 0.6) is 0 Å². The highest BCUT2D eigenvalue weighted by Gasteiger charge is 2.33. The Morgan fingerprint density at radius 2 is 2.12 bits per heavy atom. The first-order valence-corrected chi connectivity index (χ1v) is 8.50. The van der Waals surface area contributed by atoms with E-state index in [9.17, 15) is 9.18 Å². The van der Waals surface area contributed by atoms with Crippen LogP contribution in [0.4, 0.5) is 4.39 Å². The molecule has 1 fully saturated rings. The summed E-state index contributed by atoms with van der Waals surface area (Å²) in [6, 6.07) is 5.69. The lowest BCUT2D eigenvalue weighted by Crippen LogP contribution is -2.38. The summed E-state index contributed by atoms with van der Waals surface area (Å²) < 4.78 is 14.7. The summed E-state index contributed by atoms with van der Waals surface area (Å²) in [4.78, 5) is 15.0. The van der Waals surface area contributed by atoms with Crippen molar-refractivity contribution in [2.24, 2.45) is 5.92 Å². The van der Waals surface area contributed by atoms with Gasteiger partial charge in [-0.25, -0.2) is 9.07 Å². The van der Waals surface area contributed by atoms with Crippen LogP contribution >= 0.6 is 12.4 Å². The molecule has 3 rings (SSSR count). The fourth-order valence-electron chi connectivity index (χ4n) is 3.35. The third kappa shape index (κ3) is 4.56. The van der Waals surface area contributed by atoms with Crippen LogP contribution in [-0.4, -0.2) is 57.7 Å². The Morgan fingerprint density at radius 3 is 2.73 bits per heavy atom. The number of rotatable bonds is 6. The summed E-state index contributed by atoms with van der Waals surface area (Å²) in [6.07, 6.45) is 1.42. The summed E-state index contributed by atoms with van der Waals surface area (Å²) >= 11 is 0. The van der Waals surface area contributed by atoms with Gasteiger partial charge in [0, 0.05) is 19.5 Å². The van der Waals surface area contributed by atoms with Crippen molar-refractivity contribution in [1.82, 2.24) is 30.4 Å². The highest BCUT2D eigenvalue weighted by Crippen LogP contribution is 2.23. The number of tetrazole rings is 1. The van der Waals surface area contributed by atoms with Gasteiger partial charge < -0.3 is 10.2 Å². The van der Waals surface area contributed by atoms with Gasteiger partial charge in [-0.15, -0.1) is 17.5 Å². The number of hydrogen-bond donors (Lipinski definition) is 1. The molecule has 7 nitrogen and oxygen atoms in total. The van der Waals surface area contributed by atoms with E-state index in [4.69, 9.17) is 0 Å². The molecule has 1 aromatic carbocycles. The Morgan fingerprint density at radius 1 is 1.38 bits per heavy atom. The van der Waals surface area contributed by atoms with Crippen molar-refractivity contribution in [1.29, 1.82) is 0 Å². The van der Waals surface area contributed by atoms with Gasteiger partial charge in [-0.1, -0.05) is 12.1 Å². The van der Waals surface area contributed by atoms with E-state index >= 15 is 0 Å². The molecule has 2 aromatic rings. The number of nitrogens with one attached hydrogen (secondary N) is 1. The standard InChI is InChI=1S/C17H23FN6O.ClH/c1-12-20-21-22-24(12)16(9-13-3-5-15(18)6-4-13)17(25)23-8-7-14(11-23)10-19-2;/h3-6,14,16,19H,7-11H2,1-2H3;1H. The molecule has 2 atom stereocenters. The maximum Gasteiger partial charge on any atom is 0.247 e. The van der Waals surface area contributed by atoms with Crippen LogP contribution in [0.1, 0.15) is 23.9 Å². The van der Waals surface area contributed by atoms with Crippen LogP contribution < -0.4 is 5.32 Å². The van der Waals surface area contributed by atoms with Crippen LogP contribution in [-0.2, 0) is 11.2 Å². The minimum Gasteiger partial charge on any atom is -0.340 e. The molecule has 0 spiro atoms. The number of aryl methyl sites for hydroxylation is 1. The second-order valence-corrected chi connectivity index (χ2v) is 6.51. The highest BCUT2D eigenvalue weighted by molar-refractivity contribution is 5.85. The number of amides is 1. The van der Waals surface area contributed by atoms with Gasteiger partial charge in [-0.2, -0.15) is 0 Å². The molecule has 26 heavy (non-hydrogen) atoms. The first-order chi connectivity index (χ1) is 12.1. The Hall–Kier alpha value is -2.06. The molecule has 1 aliphatic rings. The molecule has 0 aliphatic carbocycles. The van der Waals surface area contributed by atoms with Crippen molar-refractivity contribution in [3.05, 3.63) is 41.5 Å². The van der Waals surface area contributed by atoms with Gasteiger partial charge in [0.2, 0.25) is 5.91 Å². The molecular formula is C17H24ClFN6O. The Bertz CT molecular complexity index is 722. The number of likely N-dealkylation sites (tertiary alicyclic amines) is 1. The lowest BCUT2D eigenvalue weighted by molar-refractivity contribution is -0.134. The predicted octanol–water partition coefficient (Wildman–Crippen LogP) is 1.39. The van der Waals surface area contributed by atoms with E-state index in [0.29, 0.717) is 18.2 Å². The van der Waals surface area contributed by atoms with Gasteiger partial charge in [-0.05, 0) is 61.0 Å². The summed E-state index contributed by atoms with van der Waals surface area (Å²) in [5.41, 5.74) is 0.876. The van der Waals surface area contributed by atoms with E-state index in [1.54, 1.807) is 23.7 Å². The second-order valence-electron chi connectivity index (χ2n) is 6.51. The van der Waals surface area contributed by atoms with E-state index in [0.717, 1.165) is 31.6 Å². The number of nitrogens with zero attached hydrogens (tertiary/aromatic N) is 5. The zero-order valence-electron chi connectivity index (χ0n) is 14.9. The van der Waals surface area contributed by atoms with Crippen molar-refractivity contribution in [2.75, 3.05) is 26.7 Å². The van der Waals surface area contributed by atoms with Crippen LogP contribution in [0, 0.1) is 18.7 Å². The van der Waals surface area contributed by atoms with Crippen LogP contribution in [0.25, 0.3) is 0 Å². The second kappa shape index (κ2) is 9.05. The average Bonchev–Trinajstić information content (AvgIpc) is 3.23. The lowest BCUT2D eigenvalue weighted by Gasteiger charge is -2.24. The Labute approximate surface area is 158 Å². The quantitative estimate of drug-likeness (QED) is 0.817. The van der Waals surface area contributed by atoms with Crippen molar-refractivity contribution in [2.45, 2.75) is 25.8 Å².